The van der Waals surface area contributed by atoms with Crippen molar-refractivity contribution in [1.29, 1.82) is 5.26 Å². The number of carbonyl (C=O) groups is 1. The second-order valence-corrected chi connectivity index (χ2v) is 9.41. The Balaban J connectivity index is 1.58. The third kappa shape index (κ3) is 7.21. The quantitative estimate of drug-likeness (QED) is 0.122. The molecule has 0 aliphatic heterocycles. The molecule has 0 spiro atoms. The van der Waals surface area contributed by atoms with Gasteiger partial charge >= 0.3 is 0 Å². The molecule has 0 fully saturated rings. The maximum atomic E-state index is 12.5. The van der Waals surface area contributed by atoms with Crippen molar-refractivity contribution in [2.45, 2.75) is 24.6 Å². The molecule has 0 aliphatic carbocycles. The molecule has 0 atom stereocenters. The highest BCUT2D eigenvalue weighted by Gasteiger charge is 2.14. The molecular formula is C25H26N4O4S2. The van der Waals surface area contributed by atoms with Gasteiger partial charge in [0.25, 0.3) is 5.91 Å². The molecule has 0 saturated heterocycles. The molecule has 0 unspecified atom stereocenters. The van der Waals surface area contributed by atoms with Gasteiger partial charge in [0.05, 0.1) is 20.3 Å². The van der Waals surface area contributed by atoms with Crippen LogP contribution in [0.5, 0.6) is 17.2 Å². The fourth-order valence-electron chi connectivity index (χ4n) is 3.16. The first-order valence-corrected chi connectivity index (χ1v) is 12.8. The summed E-state index contributed by atoms with van der Waals surface area (Å²) in [5, 5.41) is 20.2. The van der Waals surface area contributed by atoms with Gasteiger partial charge in [0.2, 0.25) is 5.13 Å². The summed E-state index contributed by atoms with van der Waals surface area (Å²) in [5.74, 6) is 1.42. The first-order valence-electron chi connectivity index (χ1n) is 10.8. The van der Waals surface area contributed by atoms with E-state index in [-0.39, 0.29) is 5.57 Å². The van der Waals surface area contributed by atoms with E-state index >= 15 is 0 Å². The average molecular weight is 511 g/mol. The zero-order valence-corrected chi connectivity index (χ0v) is 21.6. The summed E-state index contributed by atoms with van der Waals surface area (Å²) in [7, 11) is 1.54. The number of nitriles is 1. The predicted molar refractivity (Wildman–Crippen MR) is 138 cm³/mol. The number of hydrogen-bond donors (Lipinski definition) is 1. The maximum absolute atomic E-state index is 12.5. The molecule has 1 heterocycles. The lowest BCUT2D eigenvalue weighted by atomic mass is 10.1. The zero-order chi connectivity index (χ0) is 25.2. The minimum Gasteiger partial charge on any atom is -0.493 e. The van der Waals surface area contributed by atoms with Crippen LogP contribution < -0.4 is 19.5 Å². The molecule has 3 aromatic rings. The van der Waals surface area contributed by atoms with Gasteiger partial charge in [-0.1, -0.05) is 47.4 Å². The number of methoxy groups -OCH3 is 1. The summed E-state index contributed by atoms with van der Waals surface area (Å²) in [5.41, 5.74) is 2.77. The van der Waals surface area contributed by atoms with Crippen molar-refractivity contribution in [1.82, 2.24) is 10.2 Å². The SMILES string of the molecule is COc1cc(C=C(C#N)C(=O)Nc2nnc(SC)s2)ccc1OCCCOc1c(C)cccc1C. The van der Waals surface area contributed by atoms with Gasteiger partial charge in [-0.3, -0.25) is 10.1 Å². The van der Waals surface area contributed by atoms with E-state index in [0.29, 0.717) is 41.8 Å². The van der Waals surface area contributed by atoms with Crippen LogP contribution in [-0.4, -0.2) is 42.7 Å². The number of benzene rings is 2. The van der Waals surface area contributed by atoms with Gasteiger partial charge in [0.1, 0.15) is 17.4 Å². The summed E-state index contributed by atoms with van der Waals surface area (Å²) in [6, 6.07) is 13.2. The number of anilines is 1. The number of thioether (sulfide) groups is 1. The number of nitrogens with zero attached hydrogens (tertiary/aromatic N) is 3. The Morgan fingerprint density at radius 3 is 2.54 bits per heavy atom. The minimum absolute atomic E-state index is 0.0646. The van der Waals surface area contributed by atoms with Crippen molar-refractivity contribution in [2.24, 2.45) is 0 Å². The molecule has 3 rings (SSSR count). The van der Waals surface area contributed by atoms with E-state index in [4.69, 9.17) is 14.2 Å². The molecule has 0 bridgehead atoms. The molecule has 10 heteroatoms. The highest BCUT2D eigenvalue weighted by molar-refractivity contribution is 8.00. The molecule has 1 amide bonds. The van der Waals surface area contributed by atoms with Gasteiger partial charge in [-0.15, -0.1) is 10.2 Å². The number of nitrogens with one attached hydrogen (secondary N) is 1. The number of para-hydroxylation sites is 1. The summed E-state index contributed by atoms with van der Waals surface area (Å²) in [4.78, 5) is 12.5. The number of aryl methyl sites for hydroxylation is 2. The van der Waals surface area contributed by atoms with E-state index in [2.05, 4.69) is 15.5 Å². The highest BCUT2D eigenvalue weighted by Crippen LogP contribution is 2.30. The van der Waals surface area contributed by atoms with E-state index < -0.39 is 5.91 Å². The minimum atomic E-state index is -0.556. The van der Waals surface area contributed by atoms with Crippen molar-refractivity contribution in [2.75, 3.05) is 31.9 Å². The van der Waals surface area contributed by atoms with E-state index in [9.17, 15) is 10.1 Å². The molecule has 35 heavy (non-hydrogen) atoms. The Labute approximate surface area is 212 Å². The van der Waals surface area contributed by atoms with Crippen LogP contribution in [0.3, 0.4) is 0 Å². The lowest BCUT2D eigenvalue weighted by Gasteiger charge is -2.13. The number of ether oxygens (including phenoxy) is 3. The number of hydrogen-bond acceptors (Lipinski definition) is 9. The molecule has 0 saturated carbocycles. The second-order valence-electron chi connectivity index (χ2n) is 7.38. The molecule has 0 radical (unpaired) electrons. The van der Waals surface area contributed by atoms with Crippen LogP contribution in [0, 0.1) is 25.2 Å². The fraction of sp³-hybridized carbons (Fsp3) is 0.280. The van der Waals surface area contributed by atoms with Crippen molar-refractivity contribution < 1.29 is 19.0 Å². The van der Waals surface area contributed by atoms with Crippen molar-refractivity contribution in [3.63, 3.8) is 0 Å². The van der Waals surface area contributed by atoms with Crippen LogP contribution in [0.4, 0.5) is 5.13 Å². The van der Waals surface area contributed by atoms with E-state index in [1.807, 2.05) is 44.4 Å². The number of carbonyl (C=O) groups excluding carboxylic acids is 1. The first-order chi connectivity index (χ1) is 16.9. The van der Waals surface area contributed by atoms with Crippen LogP contribution in [0.15, 0.2) is 46.3 Å². The smallest absolute Gasteiger partial charge is 0.268 e. The lowest BCUT2D eigenvalue weighted by molar-refractivity contribution is -0.112. The van der Waals surface area contributed by atoms with Crippen LogP contribution in [0.2, 0.25) is 0 Å². The predicted octanol–water partition coefficient (Wildman–Crippen LogP) is 5.28. The Bertz CT molecular complexity index is 1230. The molecule has 8 nitrogen and oxygen atoms in total. The molecule has 2 aromatic carbocycles. The molecule has 182 valence electrons. The van der Waals surface area contributed by atoms with Gasteiger partial charge in [-0.25, -0.2) is 0 Å². The number of rotatable bonds is 11. The number of amides is 1. The van der Waals surface area contributed by atoms with Crippen molar-refractivity contribution >= 4 is 40.2 Å². The summed E-state index contributed by atoms with van der Waals surface area (Å²) >= 11 is 2.67. The van der Waals surface area contributed by atoms with Crippen LogP contribution >= 0.6 is 23.1 Å². The van der Waals surface area contributed by atoms with Crippen LogP contribution in [0.1, 0.15) is 23.1 Å². The van der Waals surface area contributed by atoms with Crippen molar-refractivity contribution in [3.8, 4) is 23.3 Å². The maximum Gasteiger partial charge on any atom is 0.268 e. The Morgan fingerprint density at radius 1 is 1.14 bits per heavy atom. The highest BCUT2D eigenvalue weighted by atomic mass is 32.2. The molecule has 0 aliphatic rings. The Kier molecular flexibility index (Phi) is 9.52. The van der Waals surface area contributed by atoms with E-state index in [1.54, 1.807) is 18.2 Å². The van der Waals surface area contributed by atoms with E-state index in [0.717, 1.165) is 21.2 Å². The largest absolute Gasteiger partial charge is 0.493 e. The van der Waals surface area contributed by atoms with E-state index in [1.165, 1.54) is 36.3 Å². The van der Waals surface area contributed by atoms with Gasteiger partial charge < -0.3 is 14.2 Å². The normalized spacial score (nSPS) is 11.0. The Morgan fingerprint density at radius 2 is 1.89 bits per heavy atom. The lowest BCUT2D eigenvalue weighted by Crippen LogP contribution is -2.13. The molecule has 1 N–H and O–H groups in total. The fourth-order valence-corrected chi connectivity index (χ4v) is 4.32. The monoisotopic (exact) mass is 510 g/mol. The summed E-state index contributed by atoms with van der Waals surface area (Å²) < 4.78 is 17.9. The van der Waals surface area contributed by atoms with Gasteiger partial charge in [-0.2, -0.15) is 5.26 Å². The molecule has 1 aromatic heterocycles. The second kappa shape index (κ2) is 12.8. The third-order valence-corrected chi connectivity index (χ3v) is 6.68. The standard InChI is InChI=1S/C25H26N4O4S2/c1-16-7-5-8-17(2)22(16)33-12-6-11-32-20-10-9-18(14-21(20)31-3)13-19(15-26)23(30)27-24-28-29-25(34-4)35-24/h5,7-10,13-14H,6,11-12H2,1-4H3,(H,27,28,30). The van der Waals surface area contributed by atoms with Crippen LogP contribution in [-0.2, 0) is 4.79 Å². The first kappa shape index (κ1) is 26.1. The zero-order valence-electron chi connectivity index (χ0n) is 20.0. The molecular weight excluding hydrogens is 484 g/mol. The van der Waals surface area contributed by atoms with Gasteiger partial charge in [0, 0.05) is 6.42 Å². The summed E-state index contributed by atoms with van der Waals surface area (Å²) in [6.07, 6.45) is 4.05. The topological polar surface area (TPSA) is 106 Å². The Hall–Kier alpha value is -3.55. The van der Waals surface area contributed by atoms with Crippen LogP contribution in [0.25, 0.3) is 6.08 Å². The van der Waals surface area contributed by atoms with Crippen molar-refractivity contribution in [3.05, 3.63) is 58.7 Å². The number of aromatic nitrogens is 2. The summed E-state index contributed by atoms with van der Waals surface area (Å²) in [6.45, 7) is 5.03. The van der Waals surface area contributed by atoms with Gasteiger partial charge in [0.15, 0.2) is 15.8 Å². The van der Waals surface area contributed by atoms with Gasteiger partial charge in [-0.05, 0) is 55.0 Å². The third-order valence-electron chi connectivity index (χ3n) is 4.87. The average Bonchev–Trinajstić information content (AvgIpc) is 3.31.